The number of fused-ring (bicyclic) bond motifs is 1. The van der Waals surface area contributed by atoms with Crippen LogP contribution in [0.25, 0.3) is 10.9 Å². The quantitative estimate of drug-likeness (QED) is 0.280. The van der Waals surface area contributed by atoms with Gasteiger partial charge in [-0.3, -0.25) is 9.69 Å². The molecule has 9 heteroatoms. The van der Waals surface area contributed by atoms with Gasteiger partial charge in [0.05, 0.1) is 10.4 Å². The maximum atomic E-state index is 15.2. The summed E-state index contributed by atoms with van der Waals surface area (Å²) in [5, 5.41) is 10.00. The van der Waals surface area contributed by atoms with Crippen LogP contribution >= 0.6 is 0 Å². The van der Waals surface area contributed by atoms with E-state index in [0.717, 1.165) is 35.5 Å². The van der Waals surface area contributed by atoms with Gasteiger partial charge < -0.3 is 4.90 Å². The van der Waals surface area contributed by atoms with Gasteiger partial charge in [0, 0.05) is 37.8 Å². The minimum atomic E-state index is -4.27. The number of hydrogen-bond acceptors (Lipinski definition) is 6. The Morgan fingerprint density at radius 1 is 1.14 bits per heavy atom. The molecule has 1 fully saturated rings. The standard InChI is InChI=1S/C26H27FN4O3S/c1-18-6-8-22(9-7-18)35(33,34)31-24-14-23(27)20(17-30-10-4-5-11-30)12-19(24)13-25(31)26(32)21(15-28)16-29(2)3/h6-9,12-14,16H,4-5,10-11,17H2,1-3H3. The Morgan fingerprint density at radius 3 is 2.40 bits per heavy atom. The first-order valence-electron chi connectivity index (χ1n) is 11.3. The normalized spacial score (nSPS) is 14.9. The van der Waals surface area contributed by atoms with Crippen LogP contribution in [0, 0.1) is 24.1 Å². The number of aryl methyl sites for hydroxylation is 1. The van der Waals surface area contributed by atoms with Gasteiger partial charge >= 0.3 is 0 Å². The van der Waals surface area contributed by atoms with Crippen molar-refractivity contribution in [2.45, 2.75) is 31.2 Å². The lowest BCUT2D eigenvalue weighted by Crippen LogP contribution is -2.20. The van der Waals surface area contributed by atoms with Crippen molar-refractivity contribution >= 4 is 26.7 Å². The first kappa shape index (κ1) is 24.6. The van der Waals surface area contributed by atoms with E-state index in [1.165, 1.54) is 35.4 Å². The first-order valence-corrected chi connectivity index (χ1v) is 12.8. The number of benzene rings is 2. The number of aromatic nitrogens is 1. The third kappa shape index (κ3) is 4.85. The minimum Gasteiger partial charge on any atom is -0.382 e. The molecule has 0 atom stereocenters. The van der Waals surface area contributed by atoms with E-state index < -0.39 is 21.6 Å². The smallest absolute Gasteiger partial charge is 0.268 e. The zero-order valence-corrected chi connectivity index (χ0v) is 20.8. The Bertz CT molecular complexity index is 1460. The fourth-order valence-electron chi connectivity index (χ4n) is 4.32. The number of nitrogens with zero attached hydrogens (tertiary/aromatic N) is 4. The van der Waals surface area contributed by atoms with E-state index in [9.17, 15) is 18.5 Å². The zero-order chi connectivity index (χ0) is 25.3. The largest absolute Gasteiger partial charge is 0.382 e. The van der Waals surface area contributed by atoms with Gasteiger partial charge in [-0.15, -0.1) is 0 Å². The molecule has 182 valence electrons. The average Bonchev–Trinajstić information content (AvgIpc) is 3.45. The number of carbonyl (C=O) groups is 1. The van der Waals surface area contributed by atoms with Crippen molar-refractivity contribution in [1.82, 2.24) is 13.8 Å². The van der Waals surface area contributed by atoms with Crippen LogP contribution in [0.5, 0.6) is 0 Å². The van der Waals surface area contributed by atoms with E-state index in [2.05, 4.69) is 4.90 Å². The second-order valence-corrected chi connectivity index (χ2v) is 10.8. The Kier molecular flexibility index (Phi) is 6.79. The molecule has 0 amide bonds. The number of ketones is 1. The molecule has 0 aliphatic carbocycles. The highest BCUT2D eigenvalue weighted by Gasteiger charge is 2.29. The van der Waals surface area contributed by atoms with Crippen molar-refractivity contribution < 1.29 is 17.6 Å². The van der Waals surface area contributed by atoms with Crippen LogP contribution in [0.3, 0.4) is 0 Å². The van der Waals surface area contributed by atoms with Crippen LogP contribution in [0.2, 0.25) is 0 Å². The monoisotopic (exact) mass is 494 g/mol. The predicted octanol–water partition coefficient (Wildman–Crippen LogP) is 4.07. The van der Waals surface area contributed by atoms with Gasteiger partial charge in [0.15, 0.2) is 0 Å². The Balaban J connectivity index is 1.94. The molecule has 7 nitrogen and oxygen atoms in total. The van der Waals surface area contributed by atoms with E-state index in [0.29, 0.717) is 17.5 Å². The molecule has 2 aromatic carbocycles. The summed E-state index contributed by atoms with van der Waals surface area (Å²) in [4.78, 5) is 17.0. The lowest BCUT2D eigenvalue weighted by Gasteiger charge is -2.16. The van der Waals surface area contributed by atoms with E-state index in [-0.39, 0.29) is 21.7 Å². The Morgan fingerprint density at radius 2 is 1.80 bits per heavy atom. The van der Waals surface area contributed by atoms with Crippen LogP contribution in [0.4, 0.5) is 4.39 Å². The molecular weight excluding hydrogens is 467 g/mol. The third-order valence-corrected chi connectivity index (χ3v) is 7.80. The molecule has 0 spiro atoms. The zero-order valence-electron chi connectivity index (χ0n) is 20.0. The molecule has 4 rings (SSSR count). The van der Waals surface area contributed by atoms with Crippen LogP contribution in [0.1, 0.15) is 34.5 Å². The first-order chi connectivity index (χ1) is 16.6. The van der Waals surface area contributed by atoms with E-state index >= 15 is 4.39 Å². The molecule has 2 heterocycles. The molecule has 0 unspecified atom stereocenters. The number of carbonyl (C=O) groups excluding carboxylic acids is 1. The van der Waals surface area contributed by atoms with Crippen LogP contribution in [-0.2, 0) is 16.6 Å². The third-order valence-electron chi connectivity index (χ3n) is 6.06. The predicted molar refractivity (Wildman–Crippen MR) is 132 cm³/mol. The van der Waals surface area contributed by atoms with Crippen molar-refractivity contribution in [2.75, 3.05) is 27.2 Å². The van der Waals surface area contributed by atoms with Gasteiger partial charge in [-0.1, -0.05) is 17.7 Å². The van der Waals surface area contributed by atoms with Crippen LogP contribution in [0.15, 0.2) is 59.1 Å². The summed E-state index contributed by atoms with van der Waals surface area (Å²) in [5.41, 5.74) is 0.922. The molecule has 35 heavy (non-hydrogen) atoms. The van der Waals surface area contributed by atoms with Gasteiger partial charge in [-0.05, 0) is 63.2 Å². The van der Waals surface area contributed by atoms with Crippen LogP contribution in [-0.4, -0.2) is 55.2 Å². The molecule has 3 aromatic rings. The molecular formula is C26H27FN4O3S. The summed E-state index contributed by atoms with van der Waals surface area (Å²) in [5.74, 6) is -1.29. The summed E-state index contributed by atoms with van der Waals surface area (Å²) >= 11 is 0. The van der Waals surface area contributed by atoms with Crippen molar-refractivity contribution in [2.24, 2.45) is 0 Å². The maximum absolute atomic E-state index is 15.2. The van der Waals surface area contributed by atoms with Crippen molar-refractivity contribution in [1.29, 1.82) is 5.26 Å². The molecule has 1 saturated heterocycles. The molecule has 1 aliphatic rings. The summed E-state index contributed by atoms with van der Waals surface area (Å²) in [6.07, 6.45) is 3.45. The van der Waals surface area contributed by atoms with E-state index in [1.54, 1.807) is 32.3 Å². The number of hydrogen-bond donors (Lipinski definition) is 0. The highest BCUT2D eigenvalue weighted by molar-refractivity contribution is 7.90. The van der Waals surface area contributed by atoms with Gasteiger partial charge in [0.2, 0.25) is 5.78 Å². The van der Waals surface area contributed by atoms with Crippen molar-refractivity contribution in [3.8, 4) is 6.07 Å². The Hall–Kier alpha value is -3.48. The van der Waals surface area contributed by atoms with Crippen LogP contribution < -0.4 is 0 Å². The number of halogens is 1. The molecule has 0 radical (unpaired) electrons. The second-order valence-electron chi connectivity index (χ2n) is 9.05. The molecule has 1 aliphatic heterocycles. The van der Waals surface area contributed by atoms with Gasteiger partial charge in [0.1, 0.15) is 23.2 Å². The molecule has 1 aromatic heterocycles. The number of Topliss-reactive ketones (excluding diaryl/α,β-unsaturated/α-hetero) is 1. The summed E-state index contributed by atoms with van der Waals surface area (Å²) in [6.45, 7) is 4.00. The topological polar surface area (TPSA) is 86.4 Å². The van der Waals surface area contributed by atoms with E-state index in [4.69, 9.17) is 0 Å². The molecule has 0 saturated carbocycles. The van der Waals surface area contributed by atoms with Gasteiger partial charge in [-0.25, -0.2) is 16.8 Å². The number of allylic oxidation sites excluding steroid dienone is 1. The van der Waals surface area contributed by atoms with Gasteiger partial charge in [-0.2, -0.15) is 5.26 Å². The highest BCUT2D eigenvalue weighted by Crippen LogP contribution is 2.30. The Labute approximate surface area is 204 Å². The average molecular weight is 495 g/mol. The maximum Gasteiger partial charge on any atom is 0.268 e. The lowest BCUT2D eigenvalue weighted by molar-refractivity contribution is 0.103. The molecule has 0 N–H and O–H groups in total. The number of rotatable bonds is 7. The summed E-state index contributed by atoms with van der Waals surface area (Å²) in [6, 6.07) is 12.3. The van der Waals surface area contributed by atoms with Gasteiger partial charge in [0.25, 0.3) is 10.0 Å². The highest BCUT2D eigenvalue weighted by atomic mass is 32.2. The lowest BCUT2D eigenvalue weighted by atomic mass is 10.1. The number of likely N-dealkylation sites (tertiary alicyclic amines) is 1. The SMILES string of the molecule is Cc1ccc(S(=O)(=O)n2c(C(=O)C(C#N)=CN(C)C)cc3cc(CN4CCCC4)c(F)cc32)cc1. The summed E-state index contributed by atoms with van der Waals surface area (Å²) < 4.78 is 43.5. The van der Waals surface area contributed by atoms with Crippen molar-refractivity contribution in [3.63, 3.8) is 0 Å². The fraction of sp³-hybridized carbons (Fsp3) is 0.308. The minimum absolute atomic E-state index is 0.0358. The fourth-order valence-corrected chi connectivity index (χ4v) is 5.83. The number of nitriles is 1. The second kappa shape index (κ2) is 9.64. The molecule has 0 bridgehead atoms. The van der Waals surface area contributed by atoms with Crippen molar-refractivity contribution in [3.05, 3.63) is 76.9 Å². The van der Waals surface area contributed by atoms with E-state index in [1.807, 2.05) is 13.0 Å². The summed E-state index contributed by atoms with van der Waals surface area (Å²) in [7, 11) is -0.956.